The van der Waals surface area contributed by atoms with Crippen LogP contribution >= 0.6 is 0 Å². The van der Waals surface area contributed by atoms with Crippen LogP contribution in [0.25, 0.3) is 6.08 Å². The van der Waals surface area contributed by atoms with Crippen molar-refractivity contribution in [3.63, 3.8) is 0 Å². The van der Waals surface area contributed by atoms with E-state index in [2.05, 4.69) is 58.6 Å². The van der Waals surface area contributed by atoms with Gasteiger partial charge in [-0.3, -0.25) is 4.90 Å². The number of piperazine rings is 1. The van der Waals surface area contributed by atoms with E-state index in [1.165, 1.54) is 5.56 Å². The topological polar surface area (TPSA) is 38.8 Å². The quantitative estimate of drug-likeness (QED) is 0.911. The molecule has 1 N–H and O–H groups in total. The Morgan fingerprint density at radius 1 is 1.08 bits per heavy atom. The van der Waals surface area contributed by atoms with Gasteiger partial charge in [0.25, 0.3) is 0 Å². The number of nitrogens with one attached hydrogen (secondary N) is 1. The highest BCUT2D eigenvalue weighted by Crippen LogP contribution is 2.10. The van der Waals surface area contributed by atoms with Crippen LogP contribution in [0.5, 0.6) is 0 Å². The first-order valence-corrected chi connectivity index (χ1v) is 9.38. The fraction of sp³-hybridized carbons (Fsp3) is 0.550. The highest BCUT2D eigenvalue weighted by atomic mass is 16.2. The Bertz CT molecular complexity index is 558. The van der Waals surface area contributed by atoms with Gasteiger partial charge >= 0.3 is 6.03 Å². The van der Waals surface area contributed by atoms with Crippen molar-refractivity contribution in [2.75, 3.05) is 52.9 Å². The molecule has 25 heavy (non-hydrogen) atoms. The van der Waals surface area contributed by atoms with Crippen LogP contribution in [0.4, 0.5) is 4.79 Å². The van der Waals surface area contributed by atoms with E-state index in [9.17, 15) is 4.79 Å². The zero-order chi connectivity index (χ0) is 17.5. The molecule has 136 valence electrons. The van der Waals surface area contributed by atoms with Crippen molar-refractivity contribution in [2.24, 2.45) is 0 Å². The number of carbonyl (C=O) groups is 1. The number of hydrogen-bond acceptors (Lipinski definition) is 3. The van der Waals surface area contributed by atoms with Gasteiger partial charge in [0.2, 0.25) is 0 Å². The average Bonchev–Trinajstić information content (AvgIpc) is 2.65. The van der Waals surface area contributed by atoms with E-state index in [1.807, 2.05) is 11.0 Å². The molecule has 5 heteroatoms. The molecule has 0 aromatic heterocycles. The van der Waals surface area contributed by atoms with Crippen molar-refractivity contribution in [1.82, 2.24) is 20.0 Å². The summed E-state index contributed by atoms with van der Waals surface area (Å²) in [6, 6.07) is 10.8. The van der Waals surface area contributed by atoms with E-state index >= 15 is 0 Å². The number of nitrogens with zero attached hydrogens (tertiary/aromatic N) is 3. The van der Waals surface area contributed by atoms with E-state index < -0.39 is 0 Å². The van der Waals surface area contributed by atoms with E-state index in [-0.39, 0.29) is 6.03 Å². The van der Waals surface area contributed by atoms with Crippen molar-refractivity contribution in [3.05, 3.63) is 42.0 Å². The number of urea groups is 1. The summed E-state index contributed by atoms with van der Waals surface area (Å²) >= 11 is 0. The maximum atomic E-state index is 12.4. The van der Waals surface area contributed by atoms with Gasteiger partial charge in [0, 0.05) is 38.8 Å². The smallest absolute Gasteiger partial charge is 0.317 e. The minimum absolute atomic E-state index is 0.119. The number of hydrogen-bond donors (Lipinski definition) is 1. The summed E-state index contributed by atoms with van der Waals surface area (Å²) in [5.41, 5.74) is 1.23. The number of piperidine rings is 1. The van der Waals surface area contributed by atoms with Gasteiger partial charge in [0.1, 0.15) is 0 Å². The molecule has 5 nitrogen and oxygen atoms in total. The van der Waals surface area contributed by atoms with Crippen molar-refractivity contribution < 1.29 is 4.79 Å². The van der Waals surface area contributed by atoms with Crippen LogP contribution in [0.2, 0.25) is 0 Å². The molecule has 0 radical (unpaired) electrons. The number of carbonyl (C=O) groups excluding carboxylic acids is 1. The first kappa shape index (κ1) is 18.0. The van der Waals surface area contributed by atoms with Crippen LogP contribution < -0.4 is 5.32 Å². The summed E-state index contributed by atoms with van der Waals surface area (Å²) in [5, 5.41) is 3.22. The molecule has 2 amide bonds. The van der Waals surface area contributed by atoms with Crippen LogP contribution in [0, 0.1) is 0 Å². The second-order valence-corrected chi connectivity index (χ2v) is 7.13. The lowest BCUT2D eigenvalue weighted by molar-refractivity contribution is 0.139. The molecule has 0 unspecified atom stereocenters. The molecule has 2 saturated heterocycles. The average molecular weight is 342 g/mol. The van der Waals surface area contributed by atoms with Crippen molar-refractivity contribution in [3.8, 4) is 0 Å². The number of amides is 2. The first-order valence-electron chi connectivity index (χ1n) is 9.38. The van der Waals surface area contributed by atoms with Gasteiger partial charge in [-0.25, -0.2) is 4.79 Å². The third-order valence-electron chi connectivity index (χ3n) is 5.18. The summed E-state index contributed by atoms with van der Waals surface area (Å²) in [4.78, 5) is 19.1. The molecule has 3 rings (SSSR count). The van der Waals surface area contributed by atoms with Crippen LogP contribution in [0.3, 0.4) is 0 Å². The third kappa shape index (κ3) is 5.58. The summed E-state index contributed by atoms with van der Waals surface area (Å²) in [6.07, 6.45) is 6.50. The Morgan fingerprint density at radius 3 is 2.44 bits per heavy atom. The van der Waals surface area contributed by atoms with Crippen molar-refractivity contribution in [1.29, 1.82) is 0 Å². The Hall–Kier alpha value is -1.85. The molecule has 1 aromatic rings. The zero-order valence-electron chi connectivity index (χ0n) is 15.2. The van der Waals surface area contributed by atoms with Crippen LogP contribution in [-0.4, -0.2) is 79.6 Å². The van der Waals surface area contributed by atoms with E-state index in [4.69, 9.17) is 0 Å². The predicted molar refractivity (Wildman–Crippen MR) is 103 cm³/mol. The number of benzene rings is 1. The standard InChI is InChI=1S/C20H30N4O/c1-22-12-9-19(10-13-22)21-20(25)24-16-14-23(15-17-24)11-5-8-18-6-3-2-4-7-18/h2-8,19H,9-17H2,1H3,(H,21,25). The van der Waals surface area contributed by atoms with Crippen molar-refractivity contribution in [2.45, 2.75) is 18.9 Å². The van der Waals surface area contributed by atoms with Gasteiger partial charge in [-0.15, -0.1) is 0 Å². The Balaban J connectivity index is 1.36. The van der Waals surface area contributed by atoms with Gasteiger partial charge in [0.15, 0.2) is 0 Å². The van der Waals surface area contributed by atoms with E-state index in [0.29, 0.717) is 6.04 Å². The fourth-order valence-corrected chi connectivity index (χ4v) is 3.45. The number of likely N-dealkylation sites (tertiary alicyclic amines) is 1. The summed E-state index contributed by atoms with van der Waals surface area (Å²) in [6.45, 7) is 6.62. The van der Waals surface area contributed by atoms with Gasteiger partial charge < -0.3 is 15.1 Å². The molecule has 0 spiro atoms. The normalized spacial score (nSPS) is 20.9. The minimum Gasteiger partial charge on any atom is -0.335 e. The lowest BCUT2D eigenvalue weighted by Crippen LogP contribution is -2.54. The molecule has 1 aromatic carbocycles. The van der Waals surface area contributed by atoms with Crippen LogP contribution in [0.1, 0.15) is 18.4 Å². The molecule has 0 saturated carbocycles. The van der Waals surface area contributed by atoms with Gasteiger partial charge in [-0.2, -0.15) is 0 Å². The zero-order valence-corrected chi connectivity index (χ0v) is 15.2. The van der Waals surface area contributed by atoms with Gasteiger partial charge in [-0.05, 0) is 38.5 Å². The molecule has 2 aliphatic heterocycles. The summed E-state index contributed by atoms with van der Waals surface area (Å²) < 4.78 is 0. The molecule has 2 aliphatic rings. The summed E-state index contributed by atoms with van der Waals surface area (Å²) in [7, 11) is 2.14. The maximum Gasteiger partial charge on any atom is 0.317 e. The van der Waals surface area contributed by atoms with E-state index in [1.54, 1.807) is 0 Å². The lowest BCUT2D eigenvalue weighted by atomic mass is 10.1. The van der Waals surface area contributed by atoms with Crippen LogP contribution in [-0.2, 0) is 0 Å². The fourth-order valence-electron chi connectivity index (χ4n) is 3.45. The van der Waals surface area contributed by atoms with Crippen LogP contribution in [0.15, 0.2) is 36.4 Å². The largest absolute Gasteiger partial charge is 0.335 e. The highest BCUT2D eigenvalue weighted by Gasteiger charge is 2.24. The van der Waals surface area contributed by atoms with Gasteiger partial charge in [0.05, 0.1) is 0 Å². The molecule has 0 bridgehead atoms. The molecule has 2 heterocycles. The van der Waals surface area contributed by atoms with Gasteiger partial charge in [-0.1, -0.05) is 42.5 Å². The lowest BCUT2D eigenvalue weighted by Gasteiger charge is -2.36. The molecule has 0 atom stereocenters. The minimum atomic E-state index is 0.119. The molecular formula is C20H30N4O. The Kier molecular flexibility index (Phi) is 6.48. The Morgan fingerprint density at radius 2 is 1.76 bits per heavy atom. The second kappa shape index (κ2) is 9.02. The van der Waals surface area contributed by atoms with Crippen molar-refractivity contribution >= 4 is 12.1 Å². The maximum absolute atomic E-state index is 12.4. The molecule has 2 fully saturated rings. The highest BCUT2D eigenvalue weighted by molar-refractivity contribution is 5.74. The molecule has 0 aliphatic carbocycles. The Labute approximate surface area is 151 Å². The predicted octanol–water partition coefficient (Wildman–Crippen LogP) is 2.12. The SMILES string of the molecule is CN1CCC(NC(=O)N2CCN(CC=Cc3ccccc3)CC2)CC1. The molecular weight excluding hydrogens is 312 g/mol. The first-order chi connectivity index (χ1) is 12.2. The van der Waals surface area contributed by atoms with E-state index in [0.717, 1.165) is 58.7 Å². The second-order valence-electron chi connectivity index (χ2n) is 7.13. The monoisotopic (exact) mass is 342 g/mol. The summed E-state index contributed by atoms with van der Waals surface area (Å²) in [5.74, 6) is 0. The number of rotatable bonds is 4. The third-order valence-corrected chi connectivity index (χ3v) is 5.18.